The van der Waals surface area contributed by atoms with Gasteiger partial charge in [-0.2, -0.15) is 0 Å². The molecule has 0 saturated carbocycles. The Morgan fingerprint density at radius 2 is 0.552 bits per heavy atom. The van der Waals surface area contributed by atoms with E-state index in [0.717, 1.165) is 74.0 Å². The van der Waals surface area contributed by atoms with Gasteiger partial charge < -0.3 is 24.4 Å². The fourth-order valence-corrected chi connectivity index (χ4v) is 12.6. The lowest BCUT2D eigenvalue weighted by Crippen LogP contribution is -2.27. The van der Waals surface area contributed by atoms with Crippen molar-refractivity contribution in [1.29, 1.82) is 0 Å². The second-order valence-corrected chi connectivity index (χ2v) is 24.2. The summed E-state index contributed by atoms with van der Waals surface area (Å²) in [6.45, 7) is 34.0. The molecule has 0 bridgehead atoms. The Bertz CT molecular complexity index is 1320. The summed E-state index contributed by atoms with van der Waals surface area (Å²) in [6.07, 6.45) is 19.8. The number of hydrogen-bond acceptors (Lipinski definition) is 5. The fraction of sp³-hybridized carbons (Fsp3) is 0.806. The molecule has 0 amide bonds. The quantitative estimate of drug-likeness (QED) is 0.0652. The van der Waals surface area contributed by atoms with Gasteiger partial charge in [-0.1, -0.05) is 157 Å². The highest BCUT2D eigenvalue weighted by atomic mass is 16.8. The summed E-state index contributed by atoms with van der Waals surface area (Å²) in [6, 6.07) is 21.0. The van der Waals surface area contributed by atoms with Gasteiger partial charge in [-0.05, 0) is 199 Å². The molecule has 5 nitrogen and oxygen atoms in total. The predicted octanol–water partition coefficient (Wildman–Crippen LogP) is 17.5. The molecule has 0 saturated heterocycles. The highest BCUT2D eigenvalue weighted by Crippen LogP contribution is 2.32. The normalized spacial score (nSPS) is 19.5. The first-order valence-corrected chi connectivity index (χ1v) is 28.1. The molecule has 2 N–H and O–H groups in total. The number of aliphatic hydroxyl groups excluding tert-OH is 2. The highest BCUT2D eigenvalue weighted by Gasteiger charge is 2.23. The maximum atomic E-state index is 9.80. The molecule has 16 unspecified atom stereocenters. The van der Waals surface area contributed by atoms with Crippen LogP contribution in [-0.2, 0) is 27.4 Å². The molecule has 0 aliphatic rings. The number of benzene rings is 2. The van der Waals surface area contributed by atoms with Crippen LogP contribution in [0, 0.1) is 71.0 Å². The monoisotopic (exact) mass is 935 g/mol. The molecule has 0 aliphatic heterocycles. The van der Waals surface area contributed by atoms with E-state index in [1.165, 1.54) is 88.2 Å². The van der Waals surface area contributed by atoms with E-state index < -0.39 is 0 Å². The molecule has 0 fully saturated rings. The lowest BCUT2D eigenvalue weighted by Gasteiger charge is -2.27. The van der Waals surface area contributed by atoms with Gasteiger partial charge in [-0.15, -0.1) is 0 Å². The van der Waals surface area contributed by atoms with Gasteiger partial charge in [0.15, 0.2) is 12.6 Å². The Labute approximate surface area is 416 Å². The van der Waals surface area contributed by atoms with Crippen molar-refractivity contribution in [2.75, 3.05) is 0 Å². The molecular weight excluding hydrogens is 825 g/mol. The smallest absolute Gasteiger partial charge is 0.161 e. The summed E-state index contributed by atoms with van der Waals surface area (Å²) in [4.78, 5) is 0. The zero-order valence-corrected chi connectivity index (χ0v) is 46.3. The van der Waals surface area contributed by atoms with E-state index in [-0.39, 0.29) is 24.8 Å². The van der Waals surface area contributed by atoms with Gasteiger partial charge >= 0.3 is 0 Å². The van der Waals surface area contributed by atoms with E-state index in [1.54, 1.807) is 0 Å². The largest absolute Gasteiger partial charge is 0.393 e. The first kappa shape index (κ1) is 61.4. The second kappa shape index (κ2) is 35.4. The SMILES string of the molecule is CC(O)CC(C)CC(C)CC(C)CC(C)CC(C)CC(C)CCCC(OCc1ccccc1)OC(CCCC(C)CC(C)CC(C)CC(C)CC(C)CC(C)CC(C)O)OCc1ccccc1. The first-order chi connectivity index (χ1) is 31.8. The summed E-state index contributed by atoms with van der Waals surface area (Å²) in [7, 11) is 0. The summed E-state index contributed by atoms with van der Waals surface area (Å²) in [5, 5.41) is 19.6. The van der Waals surface area contributed by atoms with Crippen molar-refractivity contribution in [1.82, 2.24) is 0 Å². The minimum atomic E-state index is -0.318. The molecule has 0 aromatic heterocycles. The highest BCUT2D eigenvalue weighted by molar-refractivity contribution is 5.14. The third-order valence-corrected chi connectivity index (χ3v) is 14.7. The van der Waals surface area contributed by atoms with Crippen LogP contribution in [0.5, 0.6) is 0 Å². The minimum Gasteiger partial charge on any atom is -0.393 e. The van der Waals surface area contributed by atoms with E-state index in [9.17, 15) is 10.2 Å². The van der Waals surface area contributed by atoms with Crippen molar-refractivity contribution in [2.24, 2.45) is 71.0 Å². The average Bonchev–Trinajstić information content (AvgIpc) is 3.21. The standard InChI is InChI=1S/C62H110O5/c1-45(31-47(3)33-49(5)35-51(7)37-53(9)39-55(11)41-57(13)63)23-21-29-61(65-43-59-25-17-15-18-26-59)67-62(66-44-60-27-19-16-20-28-60)30-22-24-46(2)32-48(4)34-50(6)36-52(8)38-54(10)40-56(12)42-58(14)64/h15-20,25-28,45-58,61-64H,21-24,29-44H2,1-14H3. The fourth-order valence-electron chi connectivity index (χ4n) is 12.6. The third kappa shape index (κ3) is 32.0. The van der Waals surface area contributed by atoms with E-state index in [1.807, 2.05) is 13.8 Å². The Morgan fingerprint density at radius 1 is 0.313 bits per heavy atom. The van der Waals surface area contributed by atoms with Crippen LogP contribution in [0.2, 0.25) is 0 Å². The zero-order chi connectivity index (χ0) is 49.7. The van der Waals surface area contributed by atoms with E-state index in [0.29, 0.717) is 48.7 Å². The lowest BCUT2D eigenvalue weighted by molar-refractivity contribution is -0.257. The minimum absolute atomic E-state index is 0.195. The molecule has 0 spiro atoms. The molecular formula is C62H110O5. The number of hydrogen-bond donors (Lipinski definition) is 2. The topological polar surface area (TPSA) is 68.2 Å². The van der Waals surface area contributed by atoms with Crippen molar-refractivity contribution in [2.45, 2.75) is 251 Å². The van der Waals surface area contributed by atoms with E-state index >= 15 is 0 Å². The van der Waals surface area contributed by atoms with Gasteiger partial charge in [0.05, 0.1) is 25.4 Å². The second-order valence-electron chi connectivity index (χ2n) is 24.2. The molecule has 5 heteroatoms. The summed E-state index contributed by atoms with van der Waals surface area (Å²) in [5.74, 6) is 8.35. The van der Waals surface area contributed by atoms with Crippen molar-refractivity contribution in [3.8, 4) is 0 Å². The summed E-state index contributed by atoms with van der Waals surface area (Å²) in [5.41, 5.74) is 2.34. The number of ether oxygens (including phenoxy) is 3. The zero-order valence-electron chi connectivity index (χ0n) is 46.3. The molecule has 0 aliphatic carbocycles. The predicted molar refractivity (Wildman–Crippen MR) is 288 cm³/mol. The van der Waals surface area contributed by atoms with Crippen LogP contribution >= 0.6 is 0 Å². The molecule has 388 valence electrons. The Kier molecular flexibility index (Phi) is 32.4. The van der Waals surface area contributed by atoms with Crippen LogP contribution < -0.4 is 0 Å². The lowest BCUT2D eigenvalue weighted by atomic mass is 9.81. The molecule has 0 heterocycles. The van der Waals surface area contributed by atoms with Gasteiger partial charge in [0.25, 0.3) is 0 Å². The van der Waals surface area contributed by atoms with Crippen LogP contribution in [0.25, 0.3) is 0 Å². The maximum Gasteiger partial charge on any atom is 0.161 e. The van der Waals surface area contributed by atoms with Crippen LogP contribution in [0.15, 0.2) is 60.7 Å². The van der Waals surface area contributed by atoms with Crippen LogP contribution in [-0.4, -0.2) is 35.0 Å². The molecule has 2 aromatic carbocycles. The molecule has 2 rings (SSSR count). The van der Waals surface area contributed by atoms with Gasteiger partial charge in [-0.3, -0.25) is 0 Å². The Hall–Kier alpha value is -1.76. The molecule has 2 aromatic rings. The molecule has 67 heavy (non-hydrogen) atoms. The third-order valence-electron chi connectivity index (χ3n) is 14.7. The van der Waals surface area contributed by atoms with Crippen molar-refractivity contribution >= 4 is 0 Å². The van der Waals surface area contributed by atoms with Crippen LogP contribution in [0.3, 0.4) is 0 Å². The van der Waals surface area contributed by atoms with Crippen molar-refractivity contribution < 1.29 is 24.4 Å². The molecule has 0 radical (unpaired) electrons. The maximum absolute atomic E-state index is 9.80. The average molecular weight is 936 g/mol. The van der Waals surface area contributed by atoms with Gasteiger partial charge in [0.2, 0.25) is 0 Å². The first-order valence-electron chi connectivity index (χ1n) is 28.1. The Balaban J connectivity index is 1.92. The summed E-state index contributed by atoms with van der Waals surface area (Å²) < 4.78 is 20.1. The van der Waals surface area contributed by atoms with Crippen LogP contribution in [0.4, 0.5) is 0 Å². The summed E-state index contributed by atoms with van der Waals surface area (Å²) >= 11 is 0. The van der Waals surface area contributed by atoms with Crippen LogP contribution in [0.1, 0.15) is 224 Å². The van der Waals surface area contributed by atoms with Crippen molar-refractivity contribution in [3.63, 3.8) is 0 Å². The van der Waals surface area contributed by atoms with Crippen molar-refractivity contribution in [3.05, 3.63) is 71.8 Å². The van der Waals surface area contributed by atoms with Gasteiger partial charge in [0, 0.05) is 0 Å². The molecule has 16 atom stereocenters. The Morgan fingerprint density at radius 3 is 0.806 bits per heavy atom. The van der Waals surface area contributed by atoms with E-state index in [2.05, 4.69) is 144 Å². The number of aliphatic hydroxyl groups is 2. The number of rotatable bonds is 40. The van der Waals surface area contributed by atoms with Gasteiger partial charge in [0.1, 0.15) is 0 Å². The van der Waals surface area contributed by atoms with E-state index in [4.69, 9.17) is 14.2 Å². The van der Waals surface area contributed by atoms with Gasteiger partial charge in [-0.25, -0.2) is 0 Å².